The number of rotatable bonds is 3. The van der Waals surface area contributed by atoms with Crippen LogP contribution in [-0.4, -0.2) is 47.8 Å². The maximum atomic E-state index is 12.3. The predicted octanol–water partition coefficient (Wildman–Crippen LogP) is 2.20. The van der Waals surface area contributed by atoms with Crippen LogP contribution in [0.1, 0.15) is 53.4 Å². The van der Waals surface area contributed by atoms with Crippen molar-refractivity contribution in [2.75, 3.05) is 19.7 Å². The fraction of sp³-hybridized carbons (Fsp3) is 0.938. The zero-order valence-corrected chi connectivity index (χ0v) is 13.3. The molecule has 1 spiro atoms. The Morgan fingerprint density at radius 2 is 1.95 bits per heavy atom. The average molecular weight is 283 g/mol. The quantitative estimate of drug-likeness (QED) is 0.864. The number of amides is 1. The van der Waals surface area contributed by atoms with E-state index in [1.54, 1.807) is 0 Å². The summed E-state index contributed by atoms with van der Waals surface area (Å²) in [5, 5.41) is 10.1. The number of hydrogen-bond donors (Lipinski definition) is 1. The summed E-state index contributed by atoms with van der Waals surface area (Å²) in [6, 6.07) is 0. The molecule has 0 aromatic heterocycles. The van der Waals surface area contributed by atoms with Gasteiger partial charge in [0.25, 0.3) is 0 Å². The zero-order valence-electron chi connectivity index (χ0n) is 13.3. The monoisotopic (exact) mass is 283 g/mol. The van der Waals surface area contributed by atoms with Gasteiger partial charge in [0, 0.05) is 38.0 Å². The maximum Gasteiger partial charge on any atom is 0.223 e. The highest BCUT2D eigenvalue weighted by Gasteiger charge is 2.56. The highest BCUT2D eigenvalue weighted by Crippen LogP contribution is 2.51. The summed E-state index contributed by atoms with van der Waals surface area (Å²) in [6.07, 6.45) is 3.02. The summed E-state index contributed by atoms with van der Waals surface area (Å²) >= 11 is 0. The largest absolute Gasteiger partial charge is 0.392 e. The van der Waals surface area contributed by atoms with Crippen molar-refractivity contribution in [1.29, 1.82) is 0 Å². The molecule has 1 saturated carbocycles. The van der Waals surface area contributed by atoms with Gasteiger partial charge in [-0.25, -0.2) is 0 Å². The van der Waals surface area contributed by atoms with Crippen LogP contribution in [-0.2, 0) is 9.53 Å². The molecule has 1 saturated heterocycles. The van der Waals surface area contributed by atoms with Gasteiger partial charge in [0.05, 0.1) is 12.2 Å². The number of carbonyl (C=O) groups excluding carboxylic acids is 1. The van der Waals surface area contributed by atoms with E-state index in [-0.39, 0.29) is 28.9 Å². The summed E-state index contributed by atoms with van der Waals surface area (Å²) in [6.45, 7) is 10.5. The highest BCUT2D eigenvalue weighted by atomic mass is 16.5. The molecule has 2 rings (SSSR count). The minimum Gasteiger partial charge on any atom is -0.392 e. The van der Waals surface area contributed by atoms with Crippen LogP contribution in [0.3, 0.4) is 0 Å². The standard InChI is InChI=1S/C16H29NO3/c1-5-20-13-10-12(18)16(13)6-8-17(9-7-16)14(19)11-15(2,3)4/h12-13,18H,5-11H2,1-4H3. The first-order valence-corrected chi connectivity index (χ1v) is 7.86. The smallest absolute Gasteiger partial charge is 0.223 e. The van der Waals surface area contributed by atoms with E-state index in [0.29, 0.717) is 13.0 Å². The van der Waals surface area contributed by atoms with E-state index >= 15 is 0 Å². The molecule has 2 atom stereocenters. The molecule has 1 N–H and O–H groups in total. The number of hydrogen-bond acceptors (Lipinski definition) is 3. The van der Waals surface area contributed by atoms with Gasteiger partial charge in [-0.15, -0.1) is 0 Å². The van der Waals surface area contributed by atoms with Crippen molar-refractivity contribution in [3.05, 3.63) is 0 Å². The molecule has 0 radical (unpaired) electrons. The number of aliphatic hydroxyl groups is 1. The highest BCUT2D eigenvalue weighted by molar-refractivity contribution is 5.76. The number of ether oxygens (including phenoxy) is 1. The molecule has 4 heteroatoms. The van der Waals surface area contributed by atoms with E-state index in [1.165, 1.54) is 0 Å². The second-order valence-electron chi connectivity index (χ2n) is 7.55. The average Bonchev–Trinajstić information content (AvgIpc) is 2.37. The lowest BCUT2D eigenvalue weighted by atomic mass is 9.58. The summed E-state index contributed by atoms with van der Waals surface area (Å²) in [7, 11) is 0. The molecule has 116 valence electrons. The summed E-state index contributed by atoms with van der Waals surface area (Å²) in [4.78, 5) is 14.2. The van der Waals surface area contributed by atoms with E-state index in [1.807, 2.05) is 11.8 Å². The number of carbonyl (C=O) groups is 1. The van der Waals surface area contributed by atoms with Crippen molar-refractivity contribution in [3.63, 3.8) is 0 Å². The molecule has 0 aromatic rings. The summed E-state index contributed by atoms with van der Waals surface area (Å²) in [5.41, 5.74) is -0.0510. The van der Waals surface area contributed by atoms with Crippen LogP contribution in [0.2, 0.25) is 0 Å². The lowest BCUT2D eigenvalue weighted by molar-refractivity contribution is -0.210. The van der Waals surface area contributed by atoms with Gasteiger partial charge in [-0.05, 0) is 25.2 Å². The minimum absolute atomic E-state index is 0.0378. The Balaban J connectivity index is 1.90. The molecular formula is C16H29NO3. The second-order valence-corrected chi connectivity index (χ2v) is 7.55. The summed E-state index contributed by atoms with van der Waals surface area (Å²) in [5.74, 6) is 0.245. The Kier molecular flexibility index (Phi) is 4.45. The van der Waals surface area contributed by atoms with Crippen molar-refractivity contribution < 1.29 is 14.6 Å². The van der Waals surface area contributed by atoms with Crippen LogP contribution >= 0.6 is 0 Å². The van der Waals surface area contributed by atoms with Crippen LogP contribution in [0.4, 0.5) is 0 Å². The first-order valence-electron chi connectivity index (χ1n) is 7.86. The van der Waals surface area contributed by atoms with Crippen molar-refractivity contribution in [1.82, 2.24) is 4.90 Å². The number of nitrogens with zero attached hydrogens (tertiary/aromatic N) is 1. The molecule has 1 heterocycles. The molecule has 1 amide bonds. The molecule has 1 aliphatic carbocycles. The van der Waals surface area contributed by atoms with Crippen molar-refractivity contribution in [2.45, 2.75) is 65.6 Å². The molecular weight excluding hydrogens is 254 g/mol. The van der Waals surface area contributed by atoms with Gasteiger partial charge in [-0.2, -0.15) is 0 Å². The maximum absolute atomic E-state index is 12.3. The molecule has 4 nitrogen and oxygen atoms in total. The van der Waals surface area contributed by atoms with Crippen molar-refractivity contribution in [3.8, 4) is 0 Å². The van der Waals surface area contributed by atoms with Gasteiger partial charge in [0.1, 0.15) is 0 Å². The van der Waals surface area contributed by atoms with Gasteiger partial charge >= 0.3 is 0 Å². The molecule has 0 aromatic carbocycles. The van der Waals surface area contributed by atoms with E-state index in [0.717, 1.165) is 32.4 Å². The first kappa shape index (κ1) is 15.8. The van der Waals surface area contributed by atoms with Crippen LogP contribution in [0.5, 0.6) is 0 Å². The third-order valence-electron chi connectivity index (χ3n) is 4.84. The molecule has 2 fully saturated rings. The Morgan fingerprint density at radius 1 is 1.35 bits per heavy atom. The van der Waals surface area contributed by atoms with Gasteiger partial charge in [-0.3, -0.25) is 4.79 Å². The fourth-order valence-corrected chi connectivity index (χ4v) is 3.55. The Hall–Kier alpha value is -0.610. The van der Waals surface area contributed by atoms with Crippen LogP contribution in [0.15, 0.2) is 0 Å². The minimum atomic E-state index is -0.251. The molecule has 2 unspecified atom stereocenters. The molecule has 20 heavy (non-hydrogen) atoms. The van der Waals surface area contributed by atoms with E-state index in [9.17, 15) is 9.90 Å². The predicted molar refractivity (Wildman–Crippen MR) is 78.4 cm³/mol. The Labute approximate surface area is 122 Å². The topological polar surface area (TPSA) is 49.8 Å². The number of aliphatic hydroxyl groups excluding tert-OH is 1. The van der Waals surface area contributed by atoms with Gasteiger partial charge in [-0.1, -0.05) is 20.8 Å². The Bertz CT molecular complexity index is 351. The van der Waals surface area contributed by atoms with Gasteiger partial charge in [0.2, 0.25) is 5.91 Å². The lowest BCUT2D eigenvalue weighted by Gasteiger charge is -2.56. The SMILES string of the molecule is CCOC1CC(O)C12CCN(C(=O)CC(C)(C)C)CC2. The van der Waals surface area contributed by atoms with Crippen LogP contribution < -0.4 is 0 Å². The van der Waals surface area contributed by atoms with Crippen molar-refractivity contribution >= 4 is 5.91 Å². The third kappa shape index (κ3) is 3.01. The van der Waals surface area contributed by atoms with Crippen molar-refractivity contribution in [2.24, 2.45) is 10.8 Å². The molecule has 0 bridgehead atoms. The summed E-state index contributed by atoms with van der Waals surface area (Å²) < 4.78 is 5.75. The van der Waals surface area contributed by atoms with E-state index in [2.05, 4.69) is 20.8 Å². The van der Waals surface area contributed by atoms with E-state index < -0.39 is 0 Å². The first-order chi connectivity index (χ1) is 9.28. The van der Waals surface area contributed by atoms with Gasteiger partial charge in [0.15, 0.2) is 0 Å². The molecule has 1 aliphatic heterocycles. The lowest BCUT2D eigenvalue weighted by Crippen LogP contribution is -2.62. The van der Waals surface area contributed by atoms with Crippen LogP contribution in [0, 0.1) is 10.8 Å². The number of piperidine rings is 1. The third-order valence-corrected chi connectivity index (χ3v) is 4.84. The molecule has 2 aliphatic rings. The van der Waals surface area contributed by atoms with Crippen LogP contribution in [0.25, 0.3) is 0 Å². The van der Waals surface area contributed by atoms with Gasteiger partial charge < -0.3 is 14.7 Å². The zero-order chi connectivity index (χ0) is 15.0. The second kappa shape index (κ2) is 5.64. The fourth-order valence-electron chi connectivity index (χ4n) is 3.55. The van der Waals surface area contributed by atoms with E-state index in [4.69, 9.17) is 4.74 Å². The Morgan fingerprint density at radius 3 is 2.40 bits per heavy atom. The normalized spacial score (nSPS) is 29.4. The number of likely N-dealkylation sites (tertiary alicyclic amines) is 1.